The van der Waals surface area contributed by atoms with Crippen molar-refractivity contribution >= 4 is 5.91 Å². The lowest BCUT2D eigenvalue weighted by Gasteiger charge is -2.34. The average molecular weight is 275 g/mol. The molecule has 1 aromatic rings. The van der Waals surface area contributed by atoms with E-state index < -0.39 is 0 Å². The molecule has 2 rings (SSSR count). The Morgan fingerprint density at radius 3 is 2.55 bits per heavy atom. The van der Waals surface area contributed by atoms with Crippen LogP contribution in [0.25, 0.3) is 0 Å². The van der Waals surface area contributed by atoms with Crippen LogP contribution in [0.15, 0.2) is 18.2 Å². The van der Waals surface area contributed by atoms with Gasteiger partial charge in [0.2, 0.25) is 5.91 Å². The van der Waals surface area contributed by atoms with E-state index in [4.69, 9.17) is 5.73 Å². The summed E-state index contributed by atoms with van der Waals surface area (Å²) in [5.74, 6) is 0.242. The molecule has 1 fully saturated rings. The molecule has 1 amide bonds. The topological polar surface area (TPSA) is 49.6 Å². The van der Waals surface area contributed by atoms with Crippen molar-refractivity contribution in [3.05, 3.63) is 34.9 Å². The number of carbonyl (C=O) groups is 1. The molecule has 20 heavy (non-hydrogen) atoms. The molecule has 110 valence electrons. The number of nitrogens with zero attached hydrogens (tertiary/aromatic N) is 2. The zero-order valence-electron chi connectivity index (χ0n) is 12.6. The van der Waals surface area contributed by atoms with Gasteiger partial charge in [0.05, 0.1) is 6.42 Å². The molecular weight excluding hydrogens is 250 g/mol. The van der Waals surface area contributed by atoms with Gasteiger partial charge in [-0.05, 0) is 25.0 Å². The highest BCUT2D eigenvalue weighted by Crippen LogP contribution is 2.13. The summed E-state index contributed by atoms with van der Waals surface area (Å²) >= 11 is 0. The molecule has 0 saturated carbocycles. The van der Waals surface area contributed by atoms with Crippen LogP contribution in [0.1, 0.15) is 16.7 Å². The number of rotatable bonds is 4. The third kappa shape index (κ3) is 3.81. The minimum absolute atomic E-state index is 0.242. The van der Waals surface area contributed by atoms with Crippen LogP contribution in [0.4, 0.5) is 0 Å². The number of nitrogens with two attached hydrogens (primary N) is 1. The predicted octanol–water partition coefficient (Wildman–Crippen LogP) is 0.949. The molecule has 0 aliphatic carbocycles. The fourth-order valence-electron chi connectivity index (χ4n) is 2.67. The van der Waals surface area contributed by atoms with Crippen molar-refractivity contribution in [3.8, 4) is 0 Å². The van der Waals surface area contributed by atoms with E-state index in [1.54, 1.807) is 0 Å². The van der Waals surface area contributed by atoms with Gasteiger partial charge in [-0.3, -0.25) is 9.69 Å². The summed E-state index contributed by atoms with van der Waals surface area (Å²) < 4.78 is 0. The quantitative estimate of drug-likeness (QED) is 0.890. The third-order valence-corrected chi connectivity index (χ3v) is 4.02. The first-order chi connectivity index (χ1) is 9.60. The van der Waals surface area contributed by atoms with Crippen LogP contribution in [0, 0.1) is 13.8 Å². The minimum atomic E-state index is 0.242. The molecule has 0 aromatic heterocycles. The van der Waals surface area contributed by atoms with E-state index in [-0.39, 0.29) is 5.91 Å². The number of carbonyl (C=O) groups excluding carboxylic acids is 1. The Morgan fingerprint density at radius 1 is 1.20 bits per heavy atom. The van der Waals surface area contributed by atoms with Gasteiger partial charge < -0.3 is 10.6 Å². The standard InChI is InChI=1S/C16H25N3O/c1-13-3-4-14(2)15(11-13)12-16(20)19-9-7-18(6-5-17)8-10-19/h3-4,11H,5-10,12,17H2,1-2H3. The van der Waals surface area contributed by atoms with Gasteiger partial charge >= 0.3 is 0 Å². The Kier molecular flexibility index (Phi) is 5.15. The normalized spacial score (nSPS) is 16.4. The summed E-state index contributed by atoms with van der Waals surface area (Å²) in [5.41, 5.74) is 9.13. The lowest BCUT2D eigenvalue weighted by Crippen LogP contribution is -2.50. The minimum Gasteiger partial charge on any atom is -0.340 e. The predicted molar refractivity (Wildman–Crippen MR) is 81.7 cm³/mol. The molecule has 0 unspecified atom stereocenters. The summed E-state index contributed by atoms with van der Waals surface area (Å²) in [4.78, 5) is 16.7. The first-order valence-corrected chi connectivity index (χ1v) is 7.36. The van der Waals surface area contributed by atoms with Gasteiger partial charge in [0.1, 0.15) is 0 Å². The molecule has 1 aliphatic rings. The van der Waals surface area contributed by atoms with Crippen LogP contribution < -0.4 is 5.73 Å². The fraction of sp³-hybridized carbons (Fsp3) is 0.562. The van der Waals surface area contributed by atoms with E-state index in [1.807, 2.05) is 4.90 Å². The third-order valence-electron chi connectivity index (χ3n) is 4.02. The van der Waals surface area contributed by atoms with Crippen molar-refractivity contribution in [1.82, 2.24) is 9.80 Å². The Hall–Kier alpha value is -1.39. The number of piperazine rings is 1. The summed E-state index contributed by atoms with van der Waals surface area (Å²) in [5, 5.41) is 0. The molecule has 1 saturated heterocycles. The van der Waals surface area contributed by atoms with Crippen LogP contribution in [0.5, 0.6) is 0 Å². The molecule has 2 N–H and O–H groups in total. The molecule has 0 radical (unpaired) electrons. The van der Waals surface area contributed by atoms with Gasteiger partial charge in [-0.1, -0.05) is 23.8 Å². The Morgan fingerprint density at radius 2 is 1.90 bits per heavy atom. The van der Waals surface area contributed by atoms with Crippen LogP contribution in [0.3, 0.4) is 0 Å². The highest BCUT2D eigenvalue weighted by molar-refractivity contribution is 5.79. The van der Waals surface area contributed by atoms with Crippen molar-refractivity contribution in [2.75, 3.05) is 39.3 Å². The van der Waals surface area contributed by atoms with Crippen molar-refractivity contribution in [1.29, 1.82) is 0 Å². The average Bonchev–Trinajstić information content (AvgIpc) is 2.44. The maximum atomic E-state index is 12.4. The molecule has 0 atom stereocenters. The van der Waals surface area contributed by atoms with E-state index in [1.165, 1.54) is 11.1 Å². The Labute approximate surface area is 121 Å². The zero-order chi connectivity index (χ0) is 14.5. The van der Waals surface area contributed by atoms with Crippen LogP contribution >= 0.6 is 0 Å². The van der Waals surface area contributed by atoms with Gasteiger partial charge in [0.15, 0.2) is 0 Å². The van der Waals surface area contributed by atoms with E-state index in [9.17, 15) is 4.79 Å². The number of benzene rings is 1. The van der Waals surface area contributed by atoms with Gasteiger partial charge in [-0.15, -0.1) is 0 Å². The Bertz CT molecular complexity index is 465. The molecule has 1 aromatic carbocycles. The summed E-state index contributed by atoms with van der Waals surface area (Å²) in [7, 11) is 0. The van der Waals surface area contributed by atoms with Crippen molar-refractivity contribution in [2.24, 2.45) is 5.73 Å². The summed E-state index contributed by atoms with van der Waals surface area (Å²) in [6.45, 7) is 9.29. The second-order valence-corrected chi connectivity index (χ2v) is 5.62. The molecule has 4 heteroatoms. The number of aryl methyl sites for hydroxylation is 2. The van der Waals surface area contributed by atoms with Crippen LogP contribution in [-0.4, -0.2) is 55.0 Å². The molecule has 1 aliphatic heterocycles. The smallest absolute Gasteiger partial charge is 0.227 e. The second-order valence-electron chi connectivity index (χ2n) is 5.62. The first-order valence-electron chi connectivity index (χ1n) is 7.36. The highest BCUT2D eigenvalue weighted by Gasteiger charge is 2.20. The van der Waals surface area contributed by atoms with Crippen molar-refractivity contribution in [3.63, 3.8) is 0 Å². The summed E-state index contributed by atoms with van der Waals surface area (Å²) in [6.07, 6.45) is 0.518. The zero-order valence-corrected chi connectivity index (χ0v) is 12.6. The second kappa shape index (κ2) is 6.86. The monoisotopic (exact) mass is 275 g/mol. The van der Waals surface area contributed by atoms with E-state index >= 15 is 0 Å². The highest BCUT2D eigenvalue weighted by atomic mass is 16.2. The Balaban J connectivity index is 1.91. The van der Waals surface area contributed by atoms with Crippen LogP contribution in [0.2, 0.25) is 0 Å². The van der Waals surface area contributed by atoms with Gasteiger partial charge in [0.25, 0.3) is 0 Å². The number of amides is 1. The van der Waals surface area contributed by atoms with E-state index in [0.29, 0.717) is 13.0 Å². The molecule has 4 nitrogen and oxygen atoms in total. The summed E-state index contributed by atoms with van der Waals surface area (Å²) in [6, 6.07) is 6.31. The van der Waals surface area contributed by atoms with Gasteiger partial charge in [0, 0.05) is 39.3 Å². The van der Waals surface area contributed by atoms with Gasteiger partial charge in [-0.2, -0.15) is 0 Å². The number of hydrogen-bond acceptors (Lipinski definition) is 3. The maximum Gasteiger partial charge on any atom is 0.227 e. The van der Waals surface area contributed by atoms with E-state index in [2.05, 4.69) is 36.9 Å². The SMILES string of the molecule is Cc1ccc(C)c(CC(=O)N2CCN(CCN)CC2)c1. The van der Waals surface area contributed by atoms with E-state index in [0.717, 1.165) is 38.3 Å². The molecule has 0 bridgehead atoms. The van der Waals surface area contributed by atoms with Crippen molar-refractivity contribution in [2.45, 2.75) is 20.3 Å². The lowest BCUT2D eigenvalue weighted by molar-refractivity contribution is -0.132. The fourth-order valence-corrected chi connectivity index (χ4v) is 2.67. The largest absolute Gasteiger partial charge is 0.340 e. The lowest BCUT2D eigenvalue weighted by atomic mass is 10.0. The molecule has 1 heterocycles. The number of hydrogen-bond donors (Lipinski definition) is 1. The molecular formula is C16H25N3O. The van der Waals surface area contributed by atoms with Gasteiger partial charge in [-0.25, -0.2) is 0 Å². The van der Waals surface area contributed by atoms with Crippen molar-refractivity contribution < 1.29 is 4.79 Å². The first kappa shape index (κ1) is 15.0. The van der Waals surface area contributed by atoms with Crippen LogP contribution in [-0.2, 0) is 11.2 Å². The maximum absolute atomic E-state index is 12.4. The molecule has 0 spiro atoms.